The smallest absolute Gasteiger partial charge is 0.271 e. The zero-order valence-electron chi connectivity index (χ0n) is 17.4. The Labute approximate surface area is 191 Å². The highest BCUT2D eigenvalue weighted by Gasteiger charge is 2.35. The molecule has 0 radical (unpaired) electrons. The molecule has 2 aromatic rings. The molecule has 0 unspecified atom stereocenters. The zero-order valence-corrected chi connectivity index (χ0v) is 19.0. The first-order valence-corrected chi connectivity index (χ1v) is 11.2. The van der Waals surface area contributed by atoms with E-state index in [0.29, 0.717) is 27.4 Å². The van der Waals surface area contributed by atoms with Crippen LogP contribution in [0.15, 0.2) is 52.4 Å². The standard InChI is InChI=1S/C23H25ClN2O4S/c1-3-10-25-23-26(19-7-5-4-6-15(19)2)22(29)21(31-23)12-16-8-9-20(18(24)11-16)30-17(13-27)14-28/h4-9,11-12,17,27-28H,3,10,13-14H2,1-2H3/b21-12-,25-23?. The average molecular weight is 461 g/mol. The number of benzene rings is 2. The van der Waals surface area contributed by atoms with E-state index in [9.17, 15) is 15.0 Å². The molecule has 1 saturated heterocycles. The maximum atomic E-state index is 13.3. The van der Waals surface area contributed by atoms with E-state index in [1.807, 2.05) is 38.1 Å². The van der Waals surface area contributed by atoms with Crippen molar-refractivity contribution in [3.8, 4) is 5.75 Å². The van der Waals surface area contributed by atoms with Gasteiger partial charge in [0, 0.05) is 6.54 Å². The molecule has 1 aliphatic rings. The second-order valence-corrected chi connectivity index (χ2v) is 8.41. The number of amidine groups is 1. The van der Waals surface area contributed by atoms with Crippen molar-refractivity contribution < 1.29 is 19.7 Å². The number of para-hydroxylation sites is 1. The van der Waals surface area contributed by atoms with Crippen molar-refractivity contribution in [2.45, 2.75) is 26.4 Å². The van der Waals surface area contributed by atoms with Gasteiger partial charge in [-0.2, -0.15) is 0 Å². The van der Waals surface area contributed by atoms with Gasteiger partial charge in [-0.05, 0) is 60.5 Å². The van der Waals surface area contributed by atoms with E-state index >= 15 is 0 Å². The van der Waals surface area contributed by atoms with Crippen molar-refractivity contribution in [3.63, 3.8) is 0 Å². The fraction of sp³-hybridized carbons (Fsp3) is 0.304. The molecule has 0 aliphatic carbocycles. The number of aliphatic hydroxyl groups excluding tert-OH is 2. The Bertz CT molecular complexity index is 1000. The summed E-state index contributed by atoms with van der Waals surface area (Å²) in [5.41, 5.74) is 2.55. The third kappa shape index (κ3) is 5.49. The number of nitrogens with zero attached hydrogens (tertiary/aromatic N) is 2. The van der Waals surface area contributed by atoms with Gasteiger partial charge >= 0.3 is 0 Å². The Morgan fingerprint density at radius 2 is 1.97 bits per heavy atom. The van der Waals surface area contributed by atoms with Crippen LogP contribution in [0.25, 0.3) is 6.08 Å². The van der Waals surface area contributed by atoms with Crippen LogP contribution in [0.4, 0.5) is 5.69 Å². The Balaban J connectivity index is 1.91. The van der Waals surface area contributed by atoms with E-state index in [4.69, 9.17) is 16.3 Å². The van der Waals surface area contributed by atoms with E-state index in [0.717, 1.165) is 23.2 Å². The Kier molecular flexibility index (Phi) is 8.15. The molecule has 0 saturated carbocycles. The summed E-state index contributed by atoms with van der Waals surface area (Å²) in [6.45, 7) is 4.01. The van der Waals surface area contributed by atoms with Gasteiger partial charge in [0.15, 0.2) is 5.17 Å². The molecule has 2 N–H and O–H groups in total. The van der Waals surface area contributed by atoms with E-state index in [-0.39, 0.29) is 19.1 Å². The number of hydrogen-bond donors (Lipinski definition) is 2. The fourth-order valence-corrected chi connectivity index (χ4v) is 4.21. The molecule has 31 heavy (non-hydrogen) atoms. The number of carbonyl (C=O) groups excluding carboxylic acids is 1. The summed E-state index contributed by atoms with van der Waals surface area (Å²) in [5.74, 6) is 0.222. The van der Waals surface area contributed by atoms with Gasteiger partial charge in [0.1, 0.15) is 11.9 Å². The lowest BCUT2D eigenvalue weighted by molar-refractivity contribution is -0.113. The molecule has 1 fully saturated rings. The van der Waals surface area contributed by atoms with Crippen LogP contribution in [-0.2, 0) is 4.79 Å². The number of aliphatic hydroxyl groups is 2. The van der Waals surface area contributed by atoms with Gasteiger partial charge in [0.25, 0.3) is 5.91 Å². The van der Waals surface area contributed by atoms with Gasteiger partial charge < -0.3 is 14.9 Å². The fourth-order valence-electron chi connectivity index (χ4n) is 2.98. The summed E-state index contributed by atoms with van der Waals surface area (Å²) in [4.78, 5) is 20.1. The number of hydrogen-bond acceptors (Lipinski definition) is 6. The van der Waals surface area contributed by atoms with E-state index in [1.54, 1.807) is 29.2 Å². The lowest BCUT2D eigenvalue weighted by atomic mass is 10.1. The second kappa shape index (κ2) is 10.8. The van der Waals surface area contributed by atoms with Gasteiger partial charge in [-0.3, -0.25) is 14.7 Å². The van der Waals surface area contributed by atoms with E-state index < -0.39 is 6.10 Å². The van der Waals surface area contributed by atoms with Crippen LogP contribution in [0.5, 0.6) is 5.75 Å². The average Bonchev–Trinajstić information content (AvgIpc) is 3.07. The monoisotopic (exact) mass is 460 g/mol. The van der Waals surface area contributed by atoms with Gasteiger partial charge in [-0.1, -0.05) is 42.8 Å². The first-order valence-electron chi connectivity index (χ1n) is 10.0. The van der Waals surface area contributed by atoms with E-state index in [2.05, 4.69) is 4.99 Å². The Hall–Kier alpha value is -2.32. The molecule has 2 aromatic carbocycles. The maximum Gasteiger partial charge on any atom is 0.271 e. The molecule has 1 amide bonds. The number of carbonyl (C=O) groups is 1. The summed E-state index contributed by atoms with van der Waals surface area (Å²) in [6.07, 6.45) is 1.92. The number of amides is 1. The highest BCUT2D eigenvalue weighted by atomic mass is 35.5. The highest BCUT2D eigenvalue weighted by molar-refractivity contribution is 8.19. The van der Waals surface area contributed by atoms with Crippen molar-refractivity contribution in [2.24, 2.45) is 4.99 Å². The van der Waals surface area contributed by atoms with Crippen molar-refractivity contribution in [3.05, 3.63) is 63.5 Å². The first-order chi connectivity index (χ1) is 15.0. The van der Waals surface area contributed by atoms with Gasteiger partial charge in [0.05, 0.1) is 28.8 Å². The number of anilines is 1. The Morgan fingerprint density at radius 3 is 2.61 bits per heavy atom. The van der Waals surface area contributed by atoms with Crippen LogP contribution < -0.4 is 9.64 Å². The molecule has 0 aromatic heterocycles. The summed E-state index contributed by atoms with van der Waals surface area (Å²) in [7, 11) is 0. The minimum Gasteiger partial charge on any atom is -0.484 e. The molecular weight excluding hydrogens is 436 g/mol. The van der Waals surface area contributed by atoms with Crippen molar-refractivity contribution in [1.29, 1.82) is 0 Å². The molecular formula is C23H25ClN2O4S. The lowest BCUT2D eigenvalue weighted by Crippen LogP contribution is -2.29. The third-order valence-electron chi connectivity index (χ3n) is 4.59. The van der Waals surface area contributed by atoms with Crippen LogP contribution in [0, 0.1) is 6.92 Å². The molecule has 0 atom stereocenters. The van der Waals surface area contributed by atoms with Gasteiger partial charge in [-0.15, -0.1) is 0 Å². The molecule has 1 aliphatic heterocycles. The number of aliphatic imine (C=N–C) groups is 1. The maximum absolute atomic E-state index is 13.3. The highest BCUT2D eigenvalue weighted by Crippen LogP contribution is 2.38. The molecule has 0 bridgehead atoms. The largest absolute Gasteiger partial charge is 0.484 e. The van der Waals surface area contributed by atoms with E-state index in [1.165, 1.54) is 11.8 Å². The van der Waals surface area contributed by atoms with Gasteiger partial charge in [0.2, 0.25) is 0 Å². The first kappa shape index (κ1) is 23.3. The summed E-state index contributed by atoms with van der Waals surface area (Å²) in [5, 5.41) is 19.4. The number of ether oxygens (including phenoxy) is 1. The number of halogens is 1. The van der Waals surface area contributed by atoms with Crippen molar-refractivity contribution in [1.82, 2.24) is 0 Å². The quantitative estimate of drug-likeness (QED) is 0.575. The third-order valence-corrected chi connectivity index (χ3v) is 5.89. The number of rotatable bonds is 8. The van der Waals surface area contributed by atoms with Gasteiger partial charge in [-0.25, -0.2) is 0 Å². The molecule has 3 rings (SSSR count). The normalized spacial score (nSPS) is 16.7. The van der Waals surface area contributed by atoms with Crippen LogP contribution in [0.1, 0.15) is 24.5 Å². The minimum absolute atomic E-state index is 0.133. The zero-order chi connectivity index (χ0) is 22.4. The second-order valence-electron chi connectivity index (χ2n) is 7.00. The molecule has 8 heteroatoms. The van der Waals surface area contributed by atoms with Crippen LogP contribution >= 0.6 is 23.4 Å². The van der Waals surface area contributed by atoms with Crippen LogP contribution in [0.2, 0.25) is 5.02 Å². The number of thioether (sulfide) groups is 1. The van der Waals surface area contributed by atoms with Crippen LogP contribution in [0.3, 0.4) is 0 Å². The molecule has 6 nitrogen and oxygen atoms in total. The predicted molar refractivity (Wildman–Crippen MR) is 127 cm³/mol. The van der Waals surface area contributed by atoms with Crippen LogP contribution in [-0.4, -0.2) is 47.2 Å². The molecule has 0 spiro atoms. The summed E-state index contributed by atoms with van der Waals surface area (Å²) in [6, 6.07) is 12.8. The van der Waals surface area contributed by atoms with Crippen molar-refractivity contribution in [2.75, 3.05) is 24.7 Å². The SMILES string of the molecule is CCCN=C1S/C(=C\c2ccc(OC(CO)CO)c(Cl)c2)C(=O)N1c1ccccc1C. The summed E-state index contributed by atoms with van der Waals surface area (Å²) < 4.78 is 5.49. The predicted octanol–water partition coefficient (Wildman–Crippen LogP) is 4.27. The summed E-state index contributed by atoms with van der Waals surface area (Å²) >= 11 is 7.65. The topological polar surface area (TPSA) is 82.4 Å². The molecule has 1 heterocycles. The minimum atomic E-state index is -0.742. The molecule has 164 valence electrons. The number of aryl methyl sites for hydroxylation is 1. The van der Waals surface area contributed by atoms with Crippen molar-refractivity contribution >= 4 is 46.2 Å². The lowest BCUT2D eigenvalue weighted by Gasteiger charge is -2.18. The Morgan fingerprint density at radius 1 is 1.23 bits per heavy atom.